The highest BCUT2D eigenvalue weighted by Gasteiger charge is 2.31. The molecule has 0 aliphatic rings. The first-order valence-electron chi connectivity index (χ1n) is 13.6. The fourth-order valence-corrected chi connectivity index (χ4v) is 3.27. The molecule has 0 amide bonds. The lowest BCUT2D eigenvalue weighted by Gasteiger charge is -2.25. The van der Waals surface area contributed by atoms with Crippen LogP contribution in [0.15, 0.2) is 18.2 Å². The zero-order valence-electron chi connectivity index (χ0n) is 25.3. The fraction of sp³-hybridized carbons (Fsp3) is 0.655. The molecule has 0 aromatic heterocycles. The number of ether oxygens (including phenoxy) is 6. The molecule has 0 spiro atoms. The summed E-state index contributed by atoms with van der Waals surface area (Å²) < 4.78 is 31.2. The zero-order chi connectivity index (χ0) is 31.4. The number of aliphatic carboxylic acids is 1. The van der Waals surface area contributed by atoms with Gasteiger partial charge in [-0.05, 0) is 48.3 Å². The van der Waals surface area contributed by atoms with Crippen molar-refractivity contribution in [3.63, 3.8) is 0 Å². The van der Waals surface area contributed by atoms with Crippen molar-refractivity contribution in [2.75, 3.05) is 19.8 Å². The molecule has 1 aromatic rings. The van der Waals surface area contributed by atoms with E-state index < -0.39 is 42.5 Å². The number of carboxylic acid groups (broad SMARTS) is 1. The van der Waals surface area contributed by atoms with Gasteiger partial charge in [-0.15, -0.1) is 0 Å². The van der Waals surface area contributed by atoms with Gasteiger partial charge in [0.1, 0.15) is 12.1 Å². The third kappa shape index (κ3) is 14.6. The van der Waals surface area contributed by atoms with Crippen molar-refractivity contribution in [1.29, 1.82) is 0 Å². The van der Waals surface area contributed by atoms with E-state index in [-0.39, 0.29) is 48.6 Å². The molecule has 41 heavy (non-hydrogen) atoms. The van der Waals surface area contributed by atoms with Crippen LogP contribution in [0.3, 0.4) is 0 Å². The van der Waals surface area contributed by atoms with Crippen molar-refractivity contribution in [3.05, 3.63) is 23.8 Å². The monoisotopic (exact) mass is 583 g/mol. The SMILES string of the molecule is CCCCOC(=O)OC(C)CC(c1ccc(OC(=O)OCC(C)(C)C)c(OC(=O)OCC(C)(C)C)c1)[C@H](N)C(=O)O. The van der Waals surface area contributed by atoms with E-state index in [1.807, 2.05) is 48.5 Å². The van der Waals surface area contributed by atoms with Gasteiger partial charge in [0, 0.05) is 5.92 Å². The second-order valence-electron chi connectivity index (χ2n) is 12.2. The number of nitrogens with two attached hydrogens (primary N) is 1. The summed E-state index contributed by atoms with van der Waals surface area (Å²) in [5.74, 6) is -2.58. The van der Waals surface area contributed by atoms with Crippen molar-refractivity contribution in [1.82, 2.24) is 0 Å². The molecule has 232 valence electrons. The minimum absolute atomic E-state index is 0.00190. The Hall–Kier alpha value is -3.54. The van der Waals surface area contributed by atoms with Gasteiger partial charge >= 0.3 is 24.4 Å². The number of benzene rings is 1. The Kier molecular flexibility index (Phi) is 13.9. The number of unbranched alkanes of at least 4 members (excludes halogenated alkanes) is 1. The molecule has 12 nitrogen and oxygen atoms in total. The van der Waals surface area contributed by atoms with E-state index in [4.69, 9.17) is 34.2 Å². The quantitative estimate of drug-likeness (QED) is 0.120. The average molecular weight is 584 g/mol. The van der Waals surface area contributed by atoms with Crippen LogP contribution in [-0.2, 0) is 23.7 Å². The molecule has 0 aliphatic carbocycles. The van der Waals surface area contributed by atoms with Crippen LogP contribution in [0.5, 0.6) is 11.5 Å². The van der Waals surface area contributed by atoms with Gasteiger partial charge in [-0.2, -0.15) is 0 Å². The van der Waals surface area contributed by atoms with Crippen molar-refractivity contribution in [2.24, 2.45) is 16.6 Å². The number of carbonyl (C=O) groups excluding carboxylic acids is 3. The molecule has 0 fully saturated rings. The molecule has 1 rings (SSSR count). The molecule has 0 heterocycles. The second-order valence-corrected chi connectivity index (χ2v) is 12.2. The molecule has 0 aliphatic heterocycles. The van der Waals surface area contributed by atoms with Crippen LogP contribution in [0.2, 0.25) is 0 Å². The normalized spacial score (nSPS) is 13.8. The van der Waals surface area contributed by atoms with Gasteiger partial charge in [0.15, 0.2) is 11.5 Å². The number of hydrogen-bond acceptors (Lipinski definition) is 11. The molecule has 0 bridgehead atoms. The molecule has 12 heteroatoms. The topological polar surface area (TPSA) is 170 Å². The van der Waals surface area contributed by atoms with E-state index in [0.717, 1.165) is 6.42 Å². The predicted molar refractivity (Wildman–Crippen MR) is 149 cm³/mol. The van der Waals surface area contributed by atoms with Crippen LogP contribution in [0.25, 0.3) is 0 Å². The standard InChI is InChI=1S/C29H45NO11/c1-9-10-13-36-25(33)39-18(2)14-20(23(30)24(31)32)19-11-12-21(40-26(34)37-16-28(3,4)5)22(15-19)41-27(35)38-17-29(6,7)8/h11-12,15,18,20,23H,9-10,13-14,16-17,30H2,1-8H3,(H,31,32)/t18?,20?,23-/m0/s1. The Morgan fingerprint density at radius 2 is 1.39 bits per heavy atom. The summed E-state index contributed by atoms with van der Waals surface area (Å²) in [6.07, 6.45) is -2.23. The molecule has 3 N–H and O–H groups in total. The number of rotatable bonds is 13. The van der Waals surface area contributed by atoms with Gasteiger partial charge in [-0.25, -0.2) is 14.4 Å². The largest absolute Gasteiger partial charge is 0.513 e. The van der Waals surface area contributed by atoms with Crippen LogP contribution in [0.1, 0.15) is 86.1 Å². The van der Waals surface area contributed by atoms with Crippen molar-refractivity contribution in [2.45, 2.75) is 92.7 Å². The smallest absolute Gasteiger partial charge is 0.480 e. The first-order chi connectivity index (χ1) is 18.9. The summed E-state index contributed by atoms with van der Waals surface area (Å²) in [4.78, 5) is 48.7. The second kappa shape index (κ2) is 16.0. The third-order valence-corrected chi connectivity index (χ3v) is 5.35. The maximum absolute atomic E-state index is 12.5. The summed E-state index contributed by atoms with van der Waals surface area (Å²) in [6.45, 7) is 15.0. The minimum Gasteiger partial charge on any atom is -0.480 e. The van der Waals surface area contributed by atoms with E-state index >= 15 is 0 Å². The molecule has 0 radical (unpaired) electrons. The number of carbonyl (C=O) groups is 4. The van der Waals surface area contributed by atoms with E-state index in [2.05, 4.69) is 0 Å². The van der Waals surface area contributed by atoms with E-state index in [0.29, 0.717) is 12.0 Å². The van der Waals surface area contributed by atoms with Gasteiger partial charge in [0.25, 0.3) is 0 Å². The highest BCUT2D eigenvalue weighted by Crippen LogP contribution is 2.35. The lowest BCUT2D eigenvalue weighted by atomic mass is 9.87. The first kappa shape index (κ1) is 35.5. The summed E-state index contributed by atoms with van der Waals surface area (Å²) in [5, 5.41) is 9.66. The van der Waals surface area contributed by atoms with Crippen LogP contribution < -0.4 is 15.2 Å². The Morgan fingerprint density at radius 1 is 0.854 bits per heavy atom. The summed E-state index contributed by atoms with van der Waals surface area (Å²) >= 11 is 0. The van der Waals surface area contributed by atoms with Crippen LogP contribution >= 0.6 is 0 Å². The molecule has 1 aromatic carbocycles. The van der Waals surface area contributed by atoms with Gasteiger partial charge in [-0.1, -0.05) is 61.0 Å². The van der Waals surface area contributed by atoms with E-state index in [9.17, 15) is 24.3 Å². The van der Waals surface area contributed by atoms with E-state index in [1.54, 1.807) is 6.92 Å². The molecular formula is C29H45NO11. The molecule has 2 unspecified atom stereocenters. The Bertz CT molecular complexity index is 1030. The summed E-state index contributed by atoms with van der Waals surface area (Å²) in [5.41, 5.74) is 5.67. The van der Waals surface area contributed by atoms with Gasteiger partial charge < -0.3 is 39.3 Å². The third-order valence-electron chi connectivity index (χ3n) is 5.35. The summed E-state index contributed by atoms with van der Waals surface area (Å²) in [7, 11) is 0. The van der Waals surface area contributed by atoms with Crippen molar-refractivity contribution >= 4 is 24.4 Å². The Balaban J connectivity index is 3.29. The highest BCUT2D eigenvalue weighted by atomic mass is 16.7. The average Bonchev–Trinajstić information content (AvgIpc) is 2.84. The van der Waals surface area contributed by atoms with Gasteiger partial charge in [0.05, 0.1) is 19.8 Å². The maximum atomic E-state index is 12.5. The Labute approximate surface area is 241 Å². The lowest BCUT2D eigenvalue weighted by Crippen LogP contribution is -2.38. The van der Waals surface area contributed by atoms with E-state index in [1.165, 1.54) is 18.2 Å². The molecular weight excluding hydrogens is 538 g/mol. The highest BCUT2D eigenvalue weighted by molar-refractivity contribution is 5.75. The fourth-order valence-electron chi connectivity index (χ4n) is 3.27. The van der Waals surface area contributed by atoms with Crippen molar-refractivity contribution < 1.29 is 52.7 Å². The van der Waals surface area contributed by atoms with Crippen LogP contribution in [0.4, 0.5) is 14.4 Å². The molecule has 3 atom stereocenters. The molecule has 0 saturated heterocycles. The predicted octanol–water partition coefficient (Wildman–Crippen LogP) is 6.04. The number of hydrogen-bond donors (Lipinski definition) is 2. The van der Waals surface area contributed by atoms with Crippen LogP contribution in [0, 0.1) is 10.8 Å². The van der Waals surface area contributed by atoms with Gasteiger partial charge in [-0.3, -0.25) is 4.79 Å². The van der Waals surface area contributed by atoms with Crippen LogP contribution in [-0.4, -0.2) is 61.5 Å². The van der Waals surface area contributed by atoms with Gasteiger partial charge in [0.2, 0.25) is 0 Å². The zero-order valence-corrected chi connectivity index (χ0v) is 25.3. The number of carboxylic acids is 1. The minimum atomic E-state index is -1.42. The summed E-state index contributed by atoms with van der Waals surface area (Å²) in [6, 6.07) is 2.71. The maximum Gasteiger partial charge on any atom is 0.513 e. The molecule has 0 saturated carbocycles. The Morgan fingerprint density at radius 3 is 1.88 bits per heavy atom. The van der Waals surface area contributed by atoms with Crippen molar-refractivity contribution in [3.8, 4) is 11.5 Å². The first-order valence-corrected chi connectivity index (χ1v) is 13.6. The lowest BCUT2D eigenvalue weighted by molar-refractivity contribution is -0.139.